The van der Waals surface area contributed by atoms with Gasteiger partial charge in [-0.2, -0.15) is 0 Å². The van der Waals surface area contributed by atoms with Gasteiger partial charge < -0.3 is 19.9 Å². The number of hydrogen-bond acceptors (Lipinski definition) is 7. The smallest absolute Gasteiger partial charge is 0.260 e. The van der Waals surface area contributed by atoms with Crippen molar-refractivity contribution in [3.8, 4) is 5.75 Å². The molecule has 1 N–H and O–H groups in total. The zero-order valence-electron chi connectivity index (χ0n) is 18.1. The van der Waals surface area contributed by atoms with Gasteiger partial charge >= 0.3 is 0 Å². The lowest BCUT2D eigenvalue weighted by atomic mass is 10.3. The molecule has 4 rings (SSSR count). The minimum Gasteiger partial charge on any atom is -0.484 e. The molecule has 1 aliphatic rings. The Labute approximate surface area is 186 Å². The predicted molar refractivity (Wildman–Crippen MR) is 120 cm³/mol. The van der Waals surface area contributed by atoms with Gasteiger partial charge in [0.05, 0.1) is 0 Å². The summed E-state index contributed by atoms with van der Waals surface area (Å²) in [6, 6.07) is 11.4. The number of nitrogens with zero attached hydrogens (tertiary/aromatic N) is 5. The molecule has 3 heterocycles. The van der Waals surface area contributed by atoms with E-state index < -0.39 is 0 Å². The van der Waals surface area contributed by atoms with Crippen LogP contribution in [0.3, 0.4) is 0 Å². The van der Waals surface area contributed by atoms with Crippen molar-refractivity contribution in [1.82, 2.24) is 19.9 Å². The molecule has 3 aromatic rings. The molecule has 0 saturated carbocycles. The van der Waals surface area contributed by atoms with E-state index in [-0.39, 0.29) is 18.3 Å². The maximum absolute atomic E-state index is 13.0. The Morgan fingerprint density at radius 2 is 1.78 bits per heavy atom. The minimum absolute atomic E-state index is 0.0736. The number of carbonyl (C=O) groups is 1. The lowest BCUT2D eigenvalue weighted by Gasteiger charge is -2.35. The Hall–Kier alpha value is -3.75. The number of amides is 1. The van der Waals surface area contributed by atoms with Crippen molar-refractivity contribution < 1.29 is 13.9 Å². The molecule has 0 bridgehead atoms. The molecule has 166 valence electrons. The first-order valence-electron chi connectivity index (χ1n) is 10.4. The van der Waals surface area contributed by atoms with Gasteiger partial charge in [0.15, 0.2) is 6.61 Å². The molecule has 0 unspecified atom stereocenters. The summed E-state index contributed by atoms with van der Waals surface area (Å²) in [4.78, 5) is 29.7. The second-order valence-electron chi connectivity index (χ2n) is 7.61. The number of aromatic nitrogens is 3. The van der Waals surface area contributed by atoms with Crippen LogP contribution in [0.1, 0.15) is 11.4 Å². The van der Waals surface area contributed by atoms with Crippen LogP contribution < -0.4 is 15.0 Å². The highest BCUT2D eigenvalue weighted by molar-refractivity contribution is 5.78. The van der Waals surface area contributed by atoms with Crippen LogP contribution in [0.2, 0.25) is 0 Å². The molecule has 32 heavy (non-hydrogen) atoms. The summed E-state index contributed by atoms with van der Waals surface area (Å²) in [5, 5.41) is 3.23. The van der Waals surface area contributed by atoms with Crippen molar-refractivity contribution in [3.63, 3.8) is 0 Å². The number of nitrogens with one attached hydrogen (secondary N) is 1. The number of carbonyl (C=O) groups excluding carboxylic acids is 1. The van der Waals surface area contributed by atoms with E-state index in [9.17, 15) is 9.18 Å². The van der Waals surface area contributed by atoms with E-state index in [1.807, 2.05) is 32.0 Å². The Morgan fingerprint density at radius 3 is 2.50 bits per heavy atom. The number of hydrogen-bond donors (Lipinski definition) is 1. The maximum atomic E-state index is 13.0. The topological polar surface area (TPSA) is 83.5 Å². The fourth-order valence-electron chi connectivity index (χ4n) is 3.47. The number of aryl methyl sites for hydroxylation is 2. The maximum Gasteiger partial charge on any atom is 0.260 e. The number of anilines is 3. The first kappa shape index (κ1) is 21.5. The normalized spacial score (nSPS) is 13.7. The molecule has 0 aliphatic carbocycles. The van der Waals surface area contributed by atoms with Crippen molar-refractivity contribution in [2.24, 2.45) is 0 Å². The van der Waals surface area contributed by atoms with Crippen LogP contribution in [-0.4, -0.2) is 58.5 Å². The summed E-state index contributed by atoms with van der Waals surface area (Å²) in [5.41, 5.74) is 1.11. The second kappa shape index (κ2) is 9.59. The highest BCUT2D eigenvalue weighted by Gasteiger charge is 2.23. The number of halogens is 1. The molecule has 9 heteroatoms. The number of benzene rings is 1. The molecule has 1 aromatic carbocycles. The number of pyridine rings is 1. The molecule has 0 spiro atoms. The van der Waals surface area contributed by atoms with Crippen molar-refractivity contribution in [2.75, 3.05) is 43.0 Å². The van der Waals surface area contributed by atoms with Gasteiger partial charge in [0.2, 0.25) is 0 Å². The average molecular weight is 436 g/mol. The van der Waals surface area contributed by atoms with Crippen molar-refractivity contribution in [3.05, 3.63) is 65.9 Å². The van der Waals surface area contributed by atoms with E-state index in [4.69, 9.17) is 4.74 Å². The number of piperazine rings is 1. The third kappa shape index (κ3) is 5.48. The van der Waals surface area contributed by atoms with Crippen LogP contribution in [0.5, 0.6) is 5.75 Å². The van der Waals surface area contributed by atoms with Crippen LogP contribution in [0.4, 0.5) is 21.8 Å². The van der Waals surface area contributed by atoms with Crippen LogP contribution in [0.15, 0.2) is 48.7 Å². The van der Waals surface area contributed by atoms with Gasteiger partial charge in [-0.05, 0) is 55.8 Å². The van der Waals surface area contributed by atoms with Gasteiger partial charge in [-0.25, -0.2) is 19.3 Å². The van der Waals surface area contributed by atoms with E-state index in [1.54, 1.807) is 11.1 Å². The second-order valence-corrected chi connectivity index (χ2v) is 7.61. The molecule has 8 nitrogen and oxygen atoms in total. The van der Waals surface area contributed by atoms with Gasteiger partial charge in [-0.3, -0.25) is 4.79 Å². The molecular weight excluding hydrogens is 411 g/mol. The standard InChI is InChI=1S/C23H25FN6O2/c1-16-7-8-25-20(13-16)28-21-14-22(27-17(2)26-21)29-9-11-30(12-10-29)23(31)15-32-19-5-3-18(24)4-6-19/h3-8,13-14H,9-12,15H2,1-2H3,(H,25,26,27,28). The van der Waals surface area contributed by atoms with Gasteiger partial charge in [-0.15, -0.1) is 0 Å². The van der Waals surface area contributed by atoms with Crippen molar-refractivity contribution in [1.29, 1.82) is 0 Å². The highest BCUT2D eigenvalue weighted by atomic mass is 19.1. The third-order valence-electron chi connectivity index (χ3n) is 5.13. The summed E-state index contributed by atoms with van der Waals surface area (Å²) >= 11 is 0. The summed E-state index contributed by atoms with van der Waals surface area (Å²) in [7, 11) is 0. The Balaban J connectivity index is 1.33. The monoisotopic (exact) mass is 436 g/mol. The van der Waals surface area contributed by atoms with Crippen LogP contribution in [-0.2, 0) is 4.79 Å². The quantitative estimate of drug-likeness (QED) is 0.636. The van der Waals surface area contributed by atoms with E-state index >= 15 is 0 Å². The van der Waals surface area contributed by atoms with E-state index in [2.05, 4.69) is 25.2 Å². The van der Waals surface area contributed by atoms with Crippen molar-refractivity contribution >= 4 is 23.4 Å². The largest absolute Gasteiger partial charge is 0.484 e. The van der Waals surface area contributed by atoms with Gasteiger partial charge in [0.1, 0.15) is 34.8 Å². The number of ether oxygens (including phenoxy) is 1. The molecule has 0 radical (unpaired) electrons. The fraction of sp³-hybridized carbons (Fsp3) is 0.304. The lowest BCUT2D eigenvalue weighted by Crippen LogP contribution is -2.50. The fourth-order valence-corrected chi connectivity index (χ4v) is 3.47. The zero-order chi connectivity index (χ0) is 22.5. The van der Waals surface area contributed by atoms with Crippen LogP contribution in [0.25, 0.3) is 0 Å². The molecule has 2 aromatic heterocycles. The Kier molecular flexibility index (Phi) is 6.44. The summed E-state index contributed by atoms with van der Waals surface area (Å²) in [5.74, 6) is 2.90. The SMILES string of the molecule is Cc1ccnc(Nc2cc(N3CCN(C(=O)COc4ccc(F)cc4)CC3)nc(C)n2)c1. The molecule has 1 amide bonds. The van der Waals surface area contributed by atoms with Crippen LogP contribution >= 0.6 is 0 Å². The van der Waals surface area contributed by atoms with E-state index in [1.165, 1.54) is 24.3 Å². The highest BCUT2D eigenvalue weighted by Crippen LogP contribution is 2.21. The van der Waals surface area contributed by atoms with Gasteiger partial charge in [0.25, 0.3) is 5.91 Å². The molecule has 1 fully saturated rings. The first-order valence-corrected chi connectivity index (χ1v) is 10.4. The van der Waals surface area contributed by atoms with Crippen molar-refractivity contribution in [2.45, 2.75) is 13.8 Å². The Morgan fingerprint density at radius 1 is 1.03 bits per heavy atom. The zero-order valence-corrected chi connectivity index (χ0v) is 18.1. The average Bonchev–Trinajstić information content (AvgIpc) is 2.78. The minimum atomic E-state index is -0.340. The Bertz CT molecular complexity index is 1080. The summed E-state index contributed by atoms with van der Waals surface area (Å²) in [6.07, 6.45) is 1.75. The summed E-state index contributed by atoms with van der Waals surface area (Å²) in [6.45, 7) is 6.23. The van der Waals surface area contributed by atoms with E-state index in [0.717, 1.165) is 17.2 Å². The number of rotatable bonds is 6. The van der Waals surface area contributed by atoms with Gasteiger partial charge in [-0.1, -0.05) is 0 Å². The third-order valence-corrected chi connectivity index (χ3v) is 5.13. The molecule has 1 aliphatic heterocycles. The molecule has 0 atom stereocenters. The molecule has 1 saturated heterocycles. The molecular formula is C23H25FN6O2. The van der Waals surface area contributed by atoms with E-state index in [0.29, 0.717) is 43.6 Å². The lowest BCUT2D eigenvalue weighted by molar-refractivity contribution is -0.133. The summed E-state index contributed by atoms with van der Waals surface area (Å²) < 4.78 is 18.5. The first-order chi connectivity index (χ1) is 15.5. The van der Waals surface area contributed by atoms with Crippen LogP contribution in [0, 0.1) is 19.7 Å². The predicted octanol–water partition coefficient (Wildman–Crippen LogP) is 3.10. The van der Waals surface area contributed by atoms with Gasteiger partial charge in [0, 0.05) is 38.4 Å².